The first-order chi connectivity index (χ1) is 11.9. The van der Waals surface area contributed by atoms with Crippen LogP contribution in [0.5, 0.6) is 0 Å². The van der Waals surface area contributed by atoms with Gasteiger partial charge in [0.15, 0.2) is 5.82 Å². The number of anilines is 1. The zero-order chi connectivity index (χ0) is 18.0. The van der Waals surface area contributed by atoms with E-state index < -0.39 is 10.0 Å². The summed E-state index contributed by atoms with van der Waals surface area (Å²) in [4.78, 5) is 2.40. The molecule has 0 unspecified atom stereocenters. The molecule has 1 aromatic heterocycles. The molecular formula is C18H24N4O2S. The highest BCUT2D eigenvalue weighted by Crippen LogP contribution is 2.26. The van der Waals surface area contributed by atoms with Gasteiger partial charge in [-0.05, 0) is 48.9 Å². The minimum Gasteiger partial charge on any atom is -0.355 e. The van der Waals surface area contributed by atoms with Crippen molar-refractivity contribution in [3.63, 3.8) is 0 Å². The van der Waals surface area contributed by atoms with E-state index in [1.165, 1.54) is 12.8 Å². The molecular weight excluding hydrogens is 336 g/mol. The molecule has 2 N–H and O–H groups in total. The largest absolute Gasteiger partial charge is 0.355 e. The van der Waals surface area contributed by atoms with E-state index in [0.29, 0.717) is 23.2 Å². The SMILES string of the molecule is CCc1ccc(-c2ccc(N3CCC(C)CC3)nn2)cc1S(N)(=O)=O. The average molecular weight is 360 g/mol. The third-order valence-corrected chi connectivity index (χ3v) is 5.80. The first-order valence-corrected chi connectivity index (χ1v) is 10.2. The second kappa shape index (κ2) is 7.09. The minimum absolute atomic E-state index is 0.156. The van der Waals surface area contributed by atoms with E-state index in [4.69, 9.17) is 5.14 Å². The van der Waals surface area contributed by atoms with Gasteiger partial charge in [-0.1, -0.05) is 26.0 Å². The Bertz CT molecular complexity index is 842. The van der Waals surface area contributed by atoms with E-state index in [1.54, 1.807) is 12.1 Å². The molecule has 7 heteroatoms. The monoisotopic (exact) mass is 360 g/mol. The Labute approximate surface area is 149 Å². The third kappa shape index (κ3) is 3.99. The van der Waals surface area contributed by atoms with E-state index in [9.17, 15) is 8.42 Å². The lowest BCUT2D eigenvalue weighted by atomic mass is 9.99. The van der Waals surface area contributed by atoms with Crippen molar-refractivity contribution in [3.8, 4) is 11.3 Å². The molecule has 134 valence electrons. The highest BCUT2D eigenvalue weighted by molar-refractivity contribution is 7.89. The van der Waals surface area contributed by atoms with Crippen LogP contribution in [0.1, 0.15) is 32.3 Å². The van der Waals surface area contributed by atoms with E-state index >= 15 is 0 Å². The number of aromatic nitrogens is 2. The summed E-state index contributed by atoms with van der Waals surface area (Å²) in [5.41, 5.74) is 2.05. The van der Waals surface area contributed by atoms with Crippen LogP contribution in [-0.2, 0) is 16.4 Å². The molecule has 2 aromatic rings. The number of nitrogens with two attached hydrogens (primary N) is 1. The molecule has 1 aliphatic heterocycles. The van der Waals surface area contributed by atoms with Gasteiger partial charge in [0.1, 0.15) is 0 Å². The number of hydrogen-bond donors (Lipinski definition) is 1. The number of hydrogen-bond acceptors (Lipinski definition) is 5. The predicted octanol–water partition coefficient (Wildman–Crippen LogP) is 2.59. The topological polar surface area (TPSA) is 89.2 Å². The quantitative estimate of drug-likeness (QED) is 0.905. The normalized spacial score (nSPS) is 16.2. The molecule has 1 aromatic carbocycles. The van der Waals surface area contributed by atoms with Crippen LogP contribution in [0.2, 0.25) is 0 Å². The lowest BCUT2D eigenvalue weighted by Crippen LogP contribution is -2.33. The highest BCUT2D eigenvalue weighted by atomic mass is 32.2. The van der Waals surface area contributed by atoms with Gasteiger partial charge in [-0.15, -0.1) is 10.2 Å². The third-order valence-electron chi connectivity index (χ3n) is 4.81. The van der Waals surface area contributed by atoms with Crippen molar-refractivity contribution in [1.29, 1.82) is 0 Å². The number of nitrogens with zero attached hydrogens (tertiary/aromatic N) is 3. The summed E-state index contributed by atoms with van der Waals surface area (Å²) in [6.07, 6.45) is 2.93. The van der Waals surface area contributed by atoms with Gasteiger partial charge in [0.05, 0.1) is 10.6 Å². The maximum Gasteiger partial charge on any atom is 0.238 e. The minimum atomic E-state index is -3.76. The van der Waals surface area contributed by atoms with Crippen LogP contribution < -0.4 is 10.0 Å². The van der Waals surface area contributed by atoms with Gasteiger partial charge in [0.25, 0.3) is 0 Å². The van der Waals surface area contributed by atoms with Crippen molar-refractivity contribution in [2.45, 2.75) is 38.0 Å². The summed E-state index contributed by atoms with van der Waals surface area (Å²) >= 11 is 0. The molecule has 1 saturated heterocycles. The Morgan fingerprint density at radius 3 is 2.44 bits per heavy atom. The number of aryl methyl sites for hydroxylation is 1. The van der Waals surface area contributed by atoms with Crippen molar-refractivity contribution in [1.82, 2.24) is 10.2 Å². The van der Waals surface area contributed by atoms with E-state index in [-0.39, 0.29) is 4.90 Å². The van der Waals surface area contributed by atoms with Gasteiger partial charge in [-0.25, -0.2) is 13.6 Å². The van der Waals surface area contributed by atoms with Crippen LogP contribution in [0, 0.1) is 5.92 Å². The second-order valence-electron chi connectivity index (χ2n) is 6.67. The first kappa shape index (κ1) is 17.8. The summed E-state index contributed by atoms with van der Waals surface area (Å²) in [6, 6.07) is 9.06. The fourth-order valence-electron chi connectivity index (χ4n) is 3.16. The lowest BCUT2D eigenvalue weighted by Gasteiger charge is -2.30. The molecule has 0 spiro atoms. The first-order valence-electron chi connectivity index (χ1n) is 8.63. The molecule has 0 aliphatic carbocycles. The van der Waals surface area contributed by atoms with Crippen LogP contribution in [0.15, 0.2) is 35.2 Å². The highest BCUT2D eigenvalue weighted by Gasteiger charge is 2.18. The summed E-state index contributed by atoms with van der Waals surface area (Å²) < 4.78 is 23.6. The molecule has 0 radical (unpaired) electrons. The Kier molecular flexibility index (Phi) is 5.06. The van der Waals surface area contributed by atoms with Crippen molar-refractivity contribution < 1.29 is 8.42 Å². The summed E-state index contributed by atoms with van der Waals surface area (Å²) in [6.45, 7) is 6.17. The maximum absolute atomic E-state index is 11.8. The number of piperidine rings is 1. The maximum atomic E-state index is 11.8. The average Bonchev–Trinajstić information content (AvgIpc) is 2.61. The smallest absolute Gasteiger partial charge is 0.238 e. The van der Waals surface area contributed by atoms with Crippen molar-refractivity contribution >= 4 is 15.8 Å². The Morgan fingerprint density at radius 1 is 1.16 bits per heavy atom. The molecule has 0 bridgehead atoms. The van der Waals surface area contributed by atoms with E-state index in [0.717, 1.165) is 24.8 Å². The van der Waals surface area contributed by atoms with Gasteiger partial charge in [-0.2, -0.15) is 0 Å². The molecule has 3 rings (SSSR count). The molecule has 25 heavy (non-hydrogen) atoms. The van der Waals surface area contributed by atoms with Gasteiger partial charge in [-0.3, -0.25) is 0 Å². The molecule has 6 nitrogen and oxygen atoms in total. The number of sulfonamides is 1. The van der Waals surface area contributed by atoms with Crippen LogP contribution >= 0.6 is 0 Å². The fraction of sp³-hybridized carbons (Fsp3) is 0.444. The summed E-state index contributed by atoms with van der Waals surface area (Å²) in [7, 11) is -3.76. The van der Waals surface area contributed by atoms with Crippen LogP contribution in [0.25, 0.3) is 11.3 Å². The lowest BCUT2D eigenvalue weighted by molar-refractivity contribution is 0.436. The number of primary sulfonamides is 1. The second-order valence-corrected chi connectivity index (χ2v) is 8.20. The van der Waals surface area contributed by atoms with Gasteiger partial charge < -0.3 is 4.90 Å². The Balaban J connectivity index is 1.87. The number of rotatable bonds is 4. The van der Waals surface area contributed by atoms with Gasteiger partial charge in [0.2, 0.25) is 10.0 Å². The predicted molar refractivity (Wildman–Crippen MR) is 98.8 cm³/mol. The molecule has 1 fully saturated rings. The number of benzene rings is 1. The zero-order valence-electron chi connectivity index (χ0n) is 14.6. The summed E-state index contributed by atoms with van der Waals surface area (Å²) in [5, 5.41) is 14.0. The van der Waals surface area contributed by atoms with Crippen LogP contribution in [-0.4, -0.2) is 31.7 Å². The van der Waals surface area contributed by atoms with Crippen LogP contribution in [0.3, 0.4) is 0 Å². The van der Waals surface area contributed by atoms with Gasteiger partial charge >= 0.3 is 0 Å². The fourth-order valence-corrected chi connectivity index (χ4v) is 4.03. The Morgan fingerprint density at radius 2 is 1.88 bits per heavy atom. The Hall–Kier alpha value is -1.99. The molecule has 0 atom stereocenters. The molecule has 0 amide bonds. The zero-order valence-corrected chi connectivity index (χ0v) is 15.5. The van der Waals surface area contributed by atoms with Crippen molar-refractivity contribution in [2.24, 2.45) is 11.1 Å². The molecule has 2 heterocycles. The van der Waals surface area contributed by atoms with E-state index in [1.807, 2.05) is 25.1 Å². The summed E-state index contributed by atoms with van der Waals surface area (Å²) in [5.74, 6) is 1.63. The van der Waals surface area contributed by atoms with E-state index in [2.05, 4.69) is 22.0 Å². The van der Waals surface area contributed by atoms with Crippen molar-refractivity contribution in [2.75, 3.05) is 18.0 Å². The molecule has 0 saturated carbocycles. The molecule has 1 aliphatic rings. The van der Waals surface area contributed by atoms with Crippen LogP contribution in [0.4, 0.5) is 5.82 Å². The van der Waals surface area contributed by atoms with Gasteiger partial charge in [0, 0.05) is 18.7 Å². The van der Waals surface area contributed by atoms with Crippen molar-refractivity contribution in [3.05, 3.63) is 35.9 Å². The standard InChI is InChI=1S/C18H24N4O2S/c1-3-14-4-5-15(12-17(14)25(19,23)24)16-6-7-18(21-20-16)22-10-8-13(2)9-11-22/h4-7,12-13H,3,8-11H2,1-2H3,(H2,19,23,24).